The van der Waals surface area contributed by atoms with E-state index in [2.05, 4.69) is 15.9 Å². The summed E-state index contributed by atoms with van der Waals surface area (Å²) < 4.78 is 1.54. The first-order valence-electron chi connectivity index (χ1n) is 2.53. The molecule has 0 radical (unpaired) electrons. The molecule has 0 unspecified atom stereocenters. The van der Waals surface area contributed by atoms with E-state index in [0.29, 0.717) is 6.67 Å². The molecule has 0 aromatic heterocycles. The first kappa shape index (κ1) is 7.29. The molecule has 1 heterocycles. The van der Waals surface area contributed by atoms with Gasteiger partial charge in [0, 0.05) is 0 Å². The van der Waals surface area contributed by atoms with Crippen molar-refractivity contribution in [3.05, 3.63) is 0 Å². The lowest BCUT2D eigenvalue weighted by Crippen LogP contribution is -2.23. The highest BCUT2D eigenvalue weighted by Crippen LogP contribution is 2.08. The van der Waals surface area contributed by atoms with Crippen molar-refractivity contribution >= 4 is 17.9 Å². The molecule has 0 atom stereocenters. The van der Waals surface area contributed by atoms with Gasteiger partial charge >= 0.3 is 5.97 Å². The number of carbonyl (C=O) groups is 1. The Hall–Kier alpha value is -0.820. The highest BCUT2D eigenvalue weighted by molar-refractivity contribution is 7.97. The maximum atomic E-state index is 10.0. The quantitative estimate of drug-likeness (QED) is 0.565. The van der Waals surface area contributed by atoms with Crippen molar-refractivity contribution in [1.82, 2.24) is 9.95 Å². The molecule has 0 bridgehead atoms. The van der Waals surface area contributed by atoms with E-state index in [0.717, 1.165) is 11.9 Å². The number of aliphatic carboxylic acids is 1. The lowest BCUT2D eigenvalue weighted by Gasteiger charge is -2.07. The van der Waals surface area contributed by atoms with E-state index in [-0.39, 0.29) is 5.75 Å². The van der Waals surface area contributed by atoms with Crippen molar-refractivity contribution in [2.75, 3.05) is 12.4 Å². The van der Waals surface area contributed by atoms with Gasteiger partial charge in [0.15, 0.2) is 0 Å². The number of nitrogens with one attached hydrogen (secondary N) is 1. The monoisotopic (exact) mass is 162 g/mol. The number of rotatable bonds is 3. The summed E-state index contributed by atoms with van der Waals surface area (Å²) in [6, 6.07) is 0. The summed E-state index contributed by atoms with van der Waals surface area (Å²) in [5.74, 6) is -0.823. The van der Waals surface area contributed by atoms with Crippen LogP contribution in [0, 0.1) is 0 Å². The Morgan fingerprint density at radius 3 is 3.20 bits per heavy atom. The van der Waals surface area contributed by atoms with Crippen LogP contribution in [-0.2, 0) is 4.79 Å². The Balaban J connectivity index is 2.09. The number of carboxylic acids is 1. The smallest absolute Gasteiger partial charge is 0.314 e. The molecular formula is C3H6N4O2S. The van der Waals surface area contributed by atoms with Crippen LogP contribution < -0.4 is 5.53 Å². The van der Waals surface area contributed by atoms with Gasteiger partial charge in [-0.1, -0.05) is 5.22 Å². The average Bonchev–Trinajstić information content (AvgIpc) is 2.34. The predicted octanol–water partition coefficient (Wildman–Crippen LogP) is -0.136. The molecule has 0 saturated heterocycles. The van der Waals surface area contributed by atoms with Crippen molar-refractivity contribution in [1.29, 1.82) is 0 Å². The van der Waals surface area contributed by atoms with Crippen molar-refractivity contribution in [3.63, 3.8) is 0 Å². The molecule has 56 valence electrons. The fourth-order valence-electron chi connectivity index (χ4n) is 0.405. The van der Waals surface area contributed by atoms with Crippen molar-refractivity contribution in [3.8, 4) is 0 Å². The van der Waals surface area contributed by atoms with E-state index in [4.69, 9.17) is 5.11 Å². The van der Waals surface area contributed by atoms with Crippen LogP contribution in [0.15, 0.2) is 10.3 Å². The topological polar surface area (TPSA) is 77.3 Å². The second kappa shape index (κ2) is 3.37. The Bertz CT molecular complexity index is 153. The number of hydrogen-bond donors (Lipinski definition) is 2. The summed E-state index contributed by atoms with van der Waals surface area (Å²) in [6.07, 6.45) is 0. The average molecular weight is 162 g/mol. The Kier molecular flexibility index (Phi) is 2.46. The fraction of sp³-hybridized carbons (Fsp3) is 0.667. The van der Waals surface area contributed by atoms with Gasteiger partial charge in [-0.2, -0.15) is 5.11 Å². The van der Waals surface area contributed by atoms with Crippen molar-refractivity contribution in [2.45, 2.75) is 0 Å². The molecule has 0 aliphatic carbocycles. The molecule has 0 spiro atoms. The summed E-state index contributed by atoms with van der Waals surface area (Å²) >= 11 is 1.13. The van der Waals surface area contributed by atoms with Crippen LogP contribution >= 0.6 is 11.9 Å². The van der Waals surface area contributed by atoms with E-state index in [1.54, 1.807) is 0 Å². The summed E-state index contributed by atoms with van der Waals surface area (Å²) in [7, 11) is 0. The van der Waals surface area contributed by atoms with Crippen LogP contribution in [0.25, 0.3) is 0 Å². The zero-order chi connectivity index (χ0) is 7.40. The molecule has 1 rings (SSSR count). The minimum atomic E-state index is -0.848. The van der Waals surface area contributed by atoms with E-state index in [1.165, 1.54) is 4.41 Å². The molecule has 0 aromatic carbocycles. The normalized spacial score (nSPS) is 17.2. The number of hydrogen-bond acceptors (Lipinski definition) is 6. The number of carboxylic acid groups (broad SMARTS) is 1. The van der Waals surface area contributed by atoms with Gasteiger partial charge < -0.3 is 5.11 Å². The minimum absolute atomic E-state index is 0.0258. The molecule has 0 aromatic rings. The Morgan fingerprint density at radius 1 is 1.90 bits per heavy atom. The molecule has 1 aliphatic rings. The SMILES string of the molecule is O=C(O)CSN1CN=NN1. The van der Waals surface area contributed by atoms with Crippen LogP contribution in [-0.4, -0.2) is 27.9 Å². The second-order valence-electron chi connectivity index (χ2n) is 1.53. The first-order valence-corrected chi connectivity index (χ1v) is 3.47. The third kappa shape index (κ3) is 2.19. The lowest BCUT2D eigenvalue weighted by atomic mass is 10.8. The molecule has 6 nitrogen and oxygen atoms in total. The lowest BCUT2D eigenvalue weighted by molar-refractivity contribution is -0.133. The summed E-state index contributed by atoms with van der Waals surface area (Å²) in [6.45, 7) is 0.401. The van der Waals surface area contributed by atoms with Gasteiger partial charge in [0.25, 0.3) is 0 Å². The highest BCUT2D eigenvalue weighted by Gasteiger charge is 2.09. The number of hydrazine groups is 1. The third-order valence-corrected chi connectivity index (χ3v) is 1.65. The first-order chi connectivity index (χ1) is 4.79. The molecular weight excluding hydrogens is 156 g/mol. The second-order valence-corrected chi connectivity index (χ2v) is 2.52. The summed E-state index contributed by atoms with van der Waals surface area (Å²) in [5, 5.41) is 15.2. The van der Waals surface area contributed by atoms with Gasteiger partial charge in [0.1, 0.15) is 12.4 Å². The maximum Gasteiger partial charge on any atom is 0.314 e. The van der Waals surface area contributed by atoms with E-state index < -0.39 is 5.97 Å². The maximum absolute atomic E-state index is 10.0. The van der Waals surface area contributed by atoms with Crippen LogP contribution in [0.5, 0.6) is 0 Å². The molecule has 0 fully saturated rings. The van der Waals surface area contributed by atoms with Crippen LogP contribution in [0.1, 0.15) is 0 Å². The van der Waals surface area contributed by atoms with Gasteiger partial charge in [-0.3, -0.25) is 4.79 Å². The third-order valence-electron chi connectivity index (χ3n) is 0.763. The van der Waals surface area contributed by atoms with Crippen molar-refractivity contribution in [2.24, 2.45) is 10.3 Å². The van der Waals surface area contributed by atoms with E-state index >= 15 is 0 Å². The van der Waals surface area contributed by atoms with Gasteiger partial charge in [-0.15, -0.1) is 4.41 Å². The molecule has 0 saturated carbocycles. The molecule has 2 N–H and O–H groups in total. The summed E-state index contributed by atoms with van der Waals surface area (Å²) in [4.78, 5) is 10.0. The van der Waals surface area contributed by atoms with Gasteiger partial charge in [-0.05, 0) is 11.9 Å². The number of nitrogens with zero attached hydrogens (tertiary/aromatic N) is 3. The van der Waals surface area contributed by atoms with Gasteiger partial charge in [0.05, 0.1) is 0 Å². The standard InChI is InChI=1S/C3H6N4O2S/c8-3(9)1-10-7-2-4-5-6-7/h1-2H2,(H,4,6)(H,8,9). The molecule has 1 aliphatic heterocycles. The van der Waals surface area contributed by atoms with E-state index in [9.17, 15) is 4.79 Å². The molecule has 10 heavy (non-hydrogen) atoms. The Labute approximate surface area is 61.4 Å². The van der Waals surface area contributed by atoms with E-state index in [1.807, 2.05) is 0 Å². The Morgan fingerprint density at radius 2 is 2.70 bits per heavy atom. The largest absolute Gasteiger partial charge is 0.481 e. The van der Waals surface area contributed by atoms with Crippen LogP contribution in [0.3, 0.4) is 0 Å². The fourth-order valence-corrected chi connectivity index (χ4v) is 0.899. The van der Waals surface area contributed by atoms with Gasteiger partial charge in [-0.25, -0.2) is 5.53 Å². The van der Waals surface area contributed by atoms with Gasteiger partial charge in [0.2, 0.25) is 0 Å². The van der Waals surface area contributed by atoms with Crippen LogP contribution in [0.4, 0.5) is 0 Å². The zero-order valence-corrected chi connectivity index (χ0v) is 5.84. The summed E-state index contributed by atoms with van der Waals surface area (Å²) in [5.41, 5.74) is 2.50. The molecule has 7 heteroatoms. The zero-order valence-electron chi connectivity index (χ0n) is 5.02. The predicted molar refractivity (Wildman–Crippen MR) is 34.8 cm³/mol. The highest BCUT2D eigenvalue weighted by atomic mass is 32.2. The minimum Gasteiger partial charge on any atom is -0.481 e. The van der Waals surface area contributed by atoms with Crippen molar-refractivity contribution < 1.29 is 9.90 Å². The molecule has 0 amide bonds. The van der Waals surface area contributed by atoms with Crippen LogP contribution in [0.2, 0.25) is 0 Å².